The van der Waals surface area contributed by atoms with Crippen LogP contribution in [-0.4, -0.2) is 70.1 Å². The first-order valence-electron chi connectivity index (χ1n) is 23.3. The number of aromatic amines is 1. The van der Waals surface area contributed by atoms with E-state index in [-0.39, 0.29) is 41.3 Å². The van der Waals surface area contributed by atoms with Crippen LogP contribution < -0.4 is 32.1 Å². The number of aromatic hydroxyl groups is 2. The molecule has 0 aliphatic heterocycles. The highest BCUT2D eigenvalue weighted by molar-refractivity contribution is 5.94. The van der Waals surface area contributed by atoms with E-state index in [4.69, 9.17) is 35.1 Å². The Morgan fingerprint density at radius 1 is 0.627 bits per heavy atom. The minimum Gasteiger partial charge on any atom is -0.508 e. The lowest BCUT2D eigenvalue weighted by Crippen LogP contribution is -2.25. The normalized spacial score (nSPS) is 11.0. The van der Waals surface area contributed by atoms with Crippen molar-refractivity contribution < 1.29 is 33.5 Å². The van der Waals surface area contributed by atoms with Gasteiger partial charge in [0.25, 0.3) is 11.1 Å². The summed E-state index contributed by atoms with van der Waals surface area (Å²) in [6.07, 6.45) is 3.95. The molecule has 0 saturated carbocycles. The van der Waals surface area contributed by atoms with Crippen molar-refractivity contribution in [1.29, 1.82) is 0 Å². The van der Waals surface area contributed by atoms with Crippen LogP contribution >= 0.6 is 0 Å². The SMILES string of the molecule is COc1cc2c(cc1-c1c(C)noc1C)cc(-c1nc3ccc(O)cc3[nH]1)c(=O)n2Cc1ccccn1.COc1cc2c(cc1-c1c(C)noc1C)cc(C=O)c(=O)n2Cc1ccccn1.Nc1ccc(O)cc1N. The molecule has 0 saturated heterocycles. The van der Waals surface area contributed by atoms with Gasteiger partial charge in [0.15, 0.2) is 6.29 Å². The number of benzene rings is 4. The highest BCUT2D eigenvalue weighted by Crippen LogP contribution is 2.40. The first-order valence-corrected chi connectivity index (χ1v) is 23.3. The molecule has 11 aromatic rings. The summed E-state index contributed by atoms with van der Waals surface area (Å²) in [5, 5.41) is 28.4. The van der Waals surface area contributed by atoms with E-state index in [9.17, 15) is 19.5 Å². The number of nitrogens with two attached hydrogens (primary N) is 2. The van der Waals surface area contributed by atoms with Crippen molar-refractivity contribution in [3.63, 3.8) is 0 Å². The Bertz CT molecular complexity index is 4010. The fourth-order valence-corrected chi connectivity index (χ4v) is 8.86. The Kier molecular flexibility index (Phi) is 14.0. The molecule has 0 aliphatic carbocycles. The number of hydrogen-bond acceptors (Lipinski definition) is 16. The van der Waals surface area contributed by atoms with Crippen molar-refractivity contribution in [3.05, 3.63) is 182 Å². The van der Waals surface area contributed by atoms with E-state index in [1.165, 1.54) is 12.1 Å². The summed E-state index contributed by atoms with van der Waals surface area (Å²) >= 11 is 0. The lowest BCUT2D eigenvalue weighted by atomic mass is 9.99. The van der Waals surface area contributed by atoms with Gasteiger partial charge in [0.05, 0.1) is 106 Å². The second-order valence-electron chi connectivity index (χ2n) is 17.4. The maximum atomic E-state index is 13.9. The number of hydrogen-bond donors (Lipinski definition) is 5. The van der Waals surface area contributed by atoms with Gasteiger partial charge in [0.2, 0.25) is 0 Å². The molecule has 0 spiro atoms. The number of imidazole rings is 1. The molecule has 19 nitrogen and oxygen atoms in total. The molecule has 7 aromatic heterocycles. The van der Waals surface area contributed by atoms with Crippen molar-refractivity contribution in [2.45, 2.75) is 40.8 Å². The Balaban J connectivity index is 0.000000161. The van der Waals surface area contributed by atoms with Gasteiger partial charge in [-0.1, -0.05) is 22.4 Å². The summed E-state index contributed by atoms with van der Waals surface area (Å²) in [6.45, 7) is 7.93. The van der Waals surface area contributed by atoms with E-state index in [1.807, 2.05) is 88.4 Å². The van der Waals surface area contributed by atoms with Crippen LogP contribution in [0.3, 0.4) is 0 Å². The van der Waals surface area contributed by atoms with Gasteiger partial charge >= 0.3 is 0 Å². The molecule has 4 aromatic carbocycles. The fraction of sp³-hybridized carbons (Fsp3) is 0.143. The molecule has 0 unspecified atom stereocenters. The number of fused-ring (bicyclic) bond motifs is 3. The third-order valence-corrected chi connectivity index (χ3v) is 12.5. The standard InChI is InChI=1S/C28H23N5O4.C22H19N3O4.C6H8N2O/c1-15-26(16(2)37-32-15)20-10-17-11-21(27-30-22-8-7-19(34)12-23(22)31-27)28(35)33(24(17)13-25(20)36-3)14-18-6-4-5-9-29-18;1-13-21(14(2)29-24-13)18-9-15-8-16(12-26)22(27)25(19(15)10-20(18)28-3)11-17-6-4-5-7-23-17;7-5-2-1-4(9)3-6(5)8/h4-13,34H,14H2,1-3H3,(H,30,31);4-10,12H,11H2,1-3H3;1-3,9H,7-8H2. The van der Waals surface area contributed by atoms with E-state index in [0.29, 0.717) is 79.8 Å². The van der Waals surface area contributed by atoms with Gasteiger partial charge in [-0.25, -0.2) is 4.98 Å². The average Bonchev–Trinajstić information content (AvgIpc) is 4.12. The zero-order chi connectivity index (χ0) is 53.1. The van der Waals surface area contributed by atoms with Gasteiger partial charge in [-0.3, -0.25) is 24.4 Å². The van der Waals surface area contributed by atoms with Gasteiger partial charge < -0.3 is 54.3 Å². The van der Waals surface area contributed by atoms with Crippen LogP contribution in [0.5, 0.6) is 23.0 Å². The summed E-state index contributed by atoms with van der Waals surface area (Å²) in [5.74, 6) is 3.19. The topological polar surface area (TPSA) is 279 Å². The summed E-state index contributed by atoms with van der Waals surface area (Å²) in [7, 11) is 3.17. The molecule has 378 valence electrons. The predicted octanol–water partition coefficient (Wildman–Crippen LogP) is 9.07. The molecule has 0 atom stereocenters. The number of carbonyl (C=O) groups is 1. The van der Waals surface area contributed by atoms with Crippen LogP contribution in [0.2, 0.25) is 0 Å². The third-order valence-electron chi connectivity index (χ3n) is 12.5. The number of methoxy groups -OCH3 is 2. The number of nitrogen functional groups attached to an aromatic ring is 2. The van der Waals surface area contributed by atoms with Gasteiger partial charge in [0.1, 0.15) is 40.3 Å². The quantitative estimate of drug-likeness (QED) is 0.0485. The molecule has 0 bridgehead atoms. The van der Waals surface area contributed by atoms with Crippen molar-refractivity contribution in [2.24, 2.45) is 0 Å². The largest absolute Gasteiger partial charge is 0.508 e. The van der Waals surface area contributed by atoms with Gasteiger partial charge in [0, 0.05) is 58.6 Å². The van der Waals surface area contributed by atoms with E-state index in [2.05, 4.69) is 30.2 Å². The minimum atomic E-state index is -0.370. The number of nitrogens with one attached hydrogen (secondary N) is 1. The smallest absolute Gasteiger partial charge is 0.262 e. The van der Waals surface area contributed by atoms with Gasteiger partial charge in [-0.2, -0.15) is 0 Å². The Morgan fingerprint density at radius 2 is 1.15 bits per heavy atom. The number of ether oxygens (including phenoxy) is 2. The van der Waals surface area contributed by atoms with Crippen LogP contribution in [0, 0.1) is 27.7 Å². The number of anilines is 2. The number of phenols is 2. The first kappa shape index (κ1) is 49.9. The average molecular weight is 1010 g/mol. The number of carbonyl (C=O) groups excluding carboxylic acids is 1. The molecule has 11 rings (SSSR count). The molecule has 19 heteroatoms. The number of H-pyrrole nitrogens is 1. The Morgan fingerprint density at radius 3 is 1.63 bits per heavy atom. The van der Waals surface area contributed by atoms with Crippen LogP contribution in [0.1, 0.15) is 44.7 Å². The third kappa shape index (κ3) is 10.1. The summed E-state index contributed by atoms with van der Waals surface area (Å²) in [5.41, 5.74) is 20.3. The zero-order valence-corrected chi connectivity index (χ0v) is 41.6. The monoisotopic (exact) mass is 1010 g/mol. The maximum absolute atomic E-state index is 13.9. The Labute approximate surface area is 427 Å². The number of rotatable bonds is 10. The molecule has 7 N–H and O–H groups in total. The number of phenolic OH excluding ortho intramolecular Hbond substituents is 2. The zero-order valence-electron chi connectivity index (χ0n) is 41.6. The second-order valence-corrected chi connectivity index (χ2v) is 17.4. The lowest BCUT2D eigenvalue weighted by Gasteiger charge is -2.16. The number of pyridine rings is 4. The molecule has 0 radical (unpaired) electrons. The lowest BCUT2D eigenvalue weighted by molar-refractivity contribution is 0.112. The molecule has 0 fully saturated rings. The number of aryl methyl sites for hydroxylation is 4. The highest BCUT2D eigenvalue weighted by Gasteiger charge is 2.23. The molecule has 0 amide bonds. The van der Waals surface area contributed by atoms with Crippen LogP contribution in [-0.2, 0) is 13.1 Å². The molecule has 0 aliphatic rings. The van der Waals surface area contributed by atoms with Crippen molar-refractivity contribution in [1.82, 2.24) is 39.4 Å². The van der Waals surface area contributed by atoms with Crippen LogP contribution in [0.25, 0.3) is 66.5 Å². The van der Waals surface area contributed by atoms with E-state index in [0.717, 1.165) is 50.1 Å². The Hall–Kier alpha value is -10.0. The number of aromatic nitrogens is 8. The molecule has 75 heavy (non-hydrogen) atoms. The predicted molar refractivity (Wildman–Crippen MR) is 285 cm³/mol. The number of aldehydes is 1. The van der Waals surface area contributed by atoms with Crippen molar-refractivity contribution in [3.8, 4) is 56.6 Å². The molecule has 7 heterocycles. The second kappa shape index (κ2) is 21.0. The van der Waals surface area contributed by atoms with E-state index < -0.39 is 0 Å². The molecular formula is C56H50N10O9. The van der Waals surface area contributed by atoms with Crippen LogP contribution in [0.4, 0.5) is 11.4 Å². The summed E-state index contributed by atoms with van der Waals surface area (Å²) in [6, 6.07) is 31.4. The fourth-order valence-electron chi connectivity index (χ4n) is 8.86. The highest BCUT2D eigenvalue weighted by atomic mass is 16.5. The van der Waals surface area contributed by atoms with Gasteiger partial charge in [-0.15, -0.1) is 0 Å². The maximum Gasteiger partial charge on any atom is 0.262 e. The van der Waals surface area contributed by atoms with E-state index >= 15 is 0 Å². The first-order chi connectivity index (χ1) is 36.1. The number of nitrogens with zero attached hydrogens (tertiary/aromatic N) is 7. The van der Waals surface area contributed by atoms with E-state index in [1.54, 1.807) is 72.1 Å². The summed E-state index contributed by atoms with van der Waals surface area (Å²) in [4.78, 5) is 54.9. The minimum absolute atomic E-state index is 0.0864. The molecular weight excluding hydrogens is 957 g/mol. The van der Waals surface area contributed by atoms with Crippen molar-refractivity contribution >= 4 is 50.5 Å². The van der Waals surface area contributed by atoms with Gasteiger partial charge in [-0.05, 0) is 100 Å². The van der Waals surface area contributed by atoms with Crippen LogP contribution in [0.15, 0.2) is 140 Å². The van der Waals surface area contributed by atoms with Crippen molar-refractivity contribution in [2.75, 3.05) is 25.7 Å². The summed E-state index contributed by atoms with van der Waals surface area (Å²) < 4.78 is 25.3.